The average molecular weight is 586 g/mol. The highest BCUT2D eigenvalue weighted by Crippen LogP contribution is 2.37. The molecule has 1 aliphatic heterocycles. The Morgan fingerprint density at radius 1 is 1.14 bits per heavy atom. The van der Waals surface area contributed by atoms with Gasteiger partial charge in [-0.3, -0.25) is 14.2 Å². The second kappa shape index (κ2) is 10.9. The van der Waals surface area contributed by atoms with Crippen molar-refractivity contribution in [2.24, 2.45) is 0 Å². The Morgan fingerprint density at radius 2 is 1.88 bits per heavy atom. The van der Waals surface area contributed by atoms with Gasteiger partial charge in [0, 0.05) is 43.7 Å². The van der Waals surface area contributed by atoms with E-state index in [1.807, 2.05) is 23.3 Å². The molecule has 1 fully saturated rings. The minimum Gasteiger partial charge on any atom is -0.389 e. The van der Waals surface area contributed by atoms with Gasteiger partial charge in [0.15, 0.2) is 5.13 Å². The molecular formula is C30H25F2N7O2S. The fraction of sp³-hybridized carbons (Fsp3) is 0.233. The maximum Gasteiger partial charge on any atom is 0.227 e. The van der Waals surface area contributed by atoms with E-state index in [1.165, 1.54) is 40.6 Å². The number of benzene rings is 1. The number of pyridine rings is 2. The molecule has 0 aliphatic carbocycles. The molecule has 0 spiro atoms. The molecule has 212 valence electrons. The molecule has 0 saturated carbocycles. The molecule has 1 aliphatic rings. The van der Waals surface area contributed by atoms with Gasteiger partial charge in [-0.1, -0.05) is 18.3 Å². The number of likely N-dealkylation sites (tertiary alicyclic amines) is 1. The fourth-order valence-electron chi connectivity index (χ4n) is 4.97. The highest BCUT2D eigenvalue weighted by molar-refractivity contribution is 7.16. The number of aryl methyl sites for hydroxylation is 1. The molecule has 5 aromatic rings. The maximum absolute atomic E-state index is 15.3. The normalized spacial score (nSPS) is 13.3. The van der Waals surface area contributed by atoms with Crippen LogP contribution in [-0.4, -0.2) is 61.5 Å². The number of fused-ring (bicyclic) bond motifs is 1. The van der Waals surface area contributed by atoms with Gasteiger partial charge in [-0.25, -0.2) is 18.7 Å². The van der Waals surface area contributed by atoms with Gasteiger partial charge in [-0.2, -0.15) is 5.26 Å². The van der Waals surface area contributed by atoms with Crippen LogP contribution < -0.4 is 4.90 Å². The Morgan fingerprint density at radius 3 is 2.55 bits per heavy atom. The summed E-state index contributed by atoms with van der Waals surface area (Å²) in [6.45, 7) is 2.57. The van der Waals surface area contributed by atoms with E-state index in [9.17, 15) is 19.6 Å². The summed E-state index contributed by atoms with van der Waals surface area (Å²) in [6.07, 6.45) is 3.37. The summed E-state index contributed by atoms with van der Waals surface area (Å²) in [5.41, 5.74) is 3.63. The van der Waals surface area contributed by atoms with E-state index in [1.54, 1.807) is 30.5 Å². The van der Waals surface area contributed by atoms with Crippen molar-refractivity contribution in [1.29, 1.82) is 5.26 Å². The SMILES string of the molecule is CCc1nc2ccc(-c3ncc(CC(=O)N4CC(O)C4)cc3F)cn2c1N(C)c1nc(-c2ccc(F)cc2)c(C#N)s1. The zero-order chi connectivity index (χ0) is 29.5. The molecule has 1 N–H and O–H groups in total. The smallest absolute Gasteiger partial charge is 0.227 e. The van der Waals surface area contributed by atoms with Crippen molar-refractivity contribution in [3.05, 3.63) is 82.6 Å². The molecule has 6 rings (SSSR count). The van der Waals surface area contributed by atoms with Crippen LogP contribution in [0.5, 0.6) is 0 Å². The zero-order valence-electron chi connectivity index (χ0n) is 22.8. The number of nitrogens with zero attached hydrogens (tertiary/aromatic N) is 7. The van der Waals surface area contributed by atoms with E-state index in [4.69, 9.17) is 9.97 Å². The first-order valence-corrected chi connectivity index (χ1v) is 14.1. The Kier molecular flexibility index (Phi) is 7.14. The Balaban J connectivity index is 1.34. The van der Waals surface area contributed by atoms with Crippen LogP contribution in [0.15, 0.2) is 54.9 Å². The van der Waals surface area contributed by atoms with Crippen LogP contribution >= 0.6 is 11.3 Å². The highest BCUT2D eigenvalue weighted by Gasteiger charge is 2.29. The number of anilines is 2. The third-order valence-corrected chi connectivity index (χ3v) is 8.22. The Hall–Kier alpha value is -4.73. The predicted octanol–water partition coefficient (Wildman–Crippen LogP) is 4.75. The largest absolute Gasteiger partial charge is 0.389 e. The van der Waals surface area contributed by atoms with Gasteiger partial charge in [0.25, 0.3) is 0 Å². The van der Waals surface area contributed by atoms with Gasteiger partial charge in [0.1, 0.15) is 45.4 Å². The standard InChI is InChI=1S/C30H25F2N7O2S/c1-3-23-29(37(2)30-36-28(24(12-33)42-30)18-4-7-20(31)8-5-18)39-14-19(6-9-25(39)35-23)27-22(32)10-17(13-34-27)11-26(41)38-15-21(40)16-38/h4-10,13-14,21,40H,3,11,15-16H2,1-2H3. The third kappa shape index (κ3) is 4.97. The minimum absolute atomic E-state index is 0.00465. The van der Waals surface area contributed by atoms with E-state index in [-0.39, 0.29) is 23.8 Å². The number of β-amino-alcohol motifs (C(OH)–C–C–N with tert-alkyl or cyclic N) is 1. The Bertz CT molecular complexity index is 1860. The average Bonchev–Trinajstić information content (AvgIpc) is 3.57. The first-order chi connectivity index (χ1) is 20.2. The molecule has 12 heteroatoms. The number of rotatable bonds is 7. The van der Waals surface area contributed by atoms with Crippen molar-refractivity contribution in [2.75, 3.05) is 25.0 Å². The summed E-state index contributed by atoms with van der Waals surface area (Å²) in [7, 11) is 1.82. The lowest BCUT2D eigenvalue weighted by molar-refractivity contribution is -0.140. The number of amides is 1. The lowest BCUT2D eigenvalue weighted by Gasteiger charge is -2.35. The number of nitriles is 1. The number of carbonyl (C=O) groups excluding carboxylic acids is 1. The second-order valence-electron chi connectivity index (χ2n) is 10.0. The van der Waals surface area contributed by atoms with Crippen LogP contribution in [0.25, 0.3) is 28.2 Å². The number of hydrogen-bond acceptors (Lipinski definition) is 8. The summed E-state index contributed by atoms with van der Waals surface area (Å²) in [6, 6.07) is 12.9. The zero-order valence-corrected chi connectivity index (χ0v) is 23.6. The number of aromatic nitrogens is 4. The number of hydrogen-bond donors (Lipinski definition) is 1. The molecule has 42 heavy (non-hydrogen) atoms. The first-order valence-electron chi connectivity index (χ1n) is 13.3. The monoisotopic (exact) mass is 585 g/mol. The van der Waals surface area contributed by atoms with Gasteiger partial charge in [0.2, 0.25) is 5.91 Å². The third-order valence-electron chi connectivity index (χ3n) is 7.18. The summed E-state index contributed by atoms with van der Waals surface area (Å²) >= 11 is 1.21. The van der Waals surface area contributed by atoms with Crippen molar-refractivity contribution in [3.8, 4) is 28.6 Å². The molecule has 0 bridgehead atoms. The lowest BCUT2D eigenvalue weighted by Crippen LogP contribution is -2.53. The summed E-state index contributed by atoms with van der Waals surface area (Å²) in [5.74, 6) is -0.409. The van der Waals surface area contributed by atoms with Crippen LogP contribution in [0.1, 0.15) is 23.1 Å². The minimum atomic E-state index is -0.559. The van der Waals surface area contributed by atoms with E-state index >= 15 is 4.39 Å². The van der Waals surface area contributed by atoms with Crippen molar-refractivity contribution < 1.29 is 18.7 Å². The number of thiazole rings is 1. The number of aliphatic hydroxyl groups is 1. The maximum atomic E-state index is 15.3. The van der Waals surface area contributed by atoms with Gasteiger partial charge < -0.3 is 14.9 Å². The molecule has 1 saturated heterocycles. The van der Waals surface area contributed by atoms with E-state index in [0.717, 1.165) is 5.69 Å². The Labute approximate surface area is 243 Å². The number of aliphatic hydroxyl groups excluding tert-OH is 1. The van der Waals surface area contributed by atoms with Crippen LogP contribution in [-0.2, 0) is 17.6 Å². The number of imidazole rings is 1. The van der Waals surface area contributed by atoms with Gasteiger partial charge in [-0.15, -0.1) is 0 Å². The van der Waals surface area contributed by atoms with Crippen LogP contribution in [0.3, 0.4) is 0 Å². The fourth-order valence-corrected chi connectivity index (χ4v) is 5.82. The molecular weight excluding hydrogens is 560 g/mol. The van der Waals surface area contributed by atoms with Gasteiger partial charge in [-0.05, 0) is 54.4 Å². The molecule has 1 aromatic carbocycles. The van der Waals surface area contributed by atoms with Gasteiger partial charge in [0.05, 0.1) is 18.2 Å². The molecule has 0 unspecified atom stereocenters. The first kappa shape index (κ1) is 27.4. The lowest BCUT2D eigenvalue weighted by atomic mass is 10.1. The van der Waals surface area contributed by atoms with Crippen molar-refractivity contribution in [1.82, 2.24) is 24.3 Å². The van der Waals surface area contributed by atoms with E-state index in [2.05, 4.69) is 11.1 Å². The van der Waals surface area contributed by atoms with Crippen LogP contribution in [0.4, 0.5) is 19.7 Å². The second-order valence-corrected chi connectivity index (χ2v) is 11.0. The number of carbonyl (C=O) groups is 1. The van der Waals surface area contributed by atoms with Crippen molar-refractivity contribution in [3.63, 3.8) is 0 Å². The van der Waals surface area contributed by atoms with Crippen molar-refractivity contribution in [2.45, 2.75) is 25.9 Å². The number of halogens is 2. The predicted molar refractivity (Wildman–Crippen MR) is 154 cm³/mol. The summed E-state index contributed by atoms with van der Waals surface area (Å²) < 4.78 is 30.6. The molecule has 4 aromatic heterocycles. The summed E-state index contributed by atoms with van der Waals surface area (Å²) in [5, 5.41) is 19.7. The van der Waals surface area contributed by atoms with E-state index in [0.29, 0.717) is 63.4 Å². The summed E-state index contributed by atoms with van der Waals surface area (Å²) in [4.78, 5) is 29.9. The van der Waals surface area contributed by atoms with Crippen molar-refractivity contribution >= 4 is 33.8 Å². The molecule has 1 amide bonds. The highest BCUT2D eigenvalue weighted by atomic mass is 32.1. The molecule has 0 atom stereocenters. The molecule has 0 radical (unpaired) electrons. The quantitative estimate of drug-likeness (QED) is 0.294. The van der Waals surface area contributed by atoms with Crippen LogP contribution in [0.2, 0.25) is 0 Å². The van der Waals surface area contributed by atoms with E-state index < -0.39 is 11.9 Å². The molecule has 9 nitrogen and oxygen atoms in total. The molecule has 5 heterocycles. The van der Waals surface area contributed by atoms with Gasteiger partial charge >= 0.3 is 0 Å². The van der Waals surface area contributed by atoms with Crippen LogP contribution in [0, 0.1) is 23.0 Å². The topological polar surface area (TPSA) is 111 Å².